The topological polar surface area (TPSA) is 3.24 Å². The maximum atomic E-state index is 4.27. The second-order valence-corrected chi connectivity index (χ2v) is 4.78. The molecule has 1 nitrogen and oxygen atoms in total. The molecule has 0 fully saturated rings. The smallest absolute Gasteiger partial charge is 0.0414 e. The fourth-order valence-corrected chi connectivity index (χ4v) is 1.66. The lowest BCUT2D eigenvalue weighted by molar-refractivity contribution is 0.386. The second kappa shape index (κ2) is 5.57. The molecule has 0 aliphatic carbocycles. The largest absolute Gasteiger partial charge is 0.293 e. The van der Waals surface area contributed by atoms with E-state index in [-0.39, 0.29) is 0 Å². The van der Waals surface area contributed by atoms with E-state index in [4.69, 9.17) is 0 Å². The maximum Gasteiger partial charge on any atom is 0.0414 e. The van der Waals surface area contributed by atoms with Crippen molar-refractivity contribution in [1.29, 1.82) is 0 Å². The zero-order valence-electron chi connectivity index (χ0n) is 10.1. The van der Waals surface area contributed by atoms with Gasteiger partial charge < -0.3 is 0 Å². The van der Waals surface area contributed by atoms with Gasteiger partial charge in [-0.1, -0.05) is 32.0 Å². The van der Waals surface area contributed by atoms with E-state index >= 15 is 0 Å². The molecule has 0 spiro atoms. The van der Waals surface area contributed by atoms with E-state index in [1.54, 1.807) is 0 Å². The average Bonchev–Trinajstić information content (AvgIpc) is 2.20. The van der Waals surface area contributed by atoms with Gasteiger partial charge in [-0.3, -0.25) is 4.90 Å². The Hall–Kier alpha value is -0.470. The van der Waals surface area contributed by atoms with Crippen molar-refractivity contribution in [2.24, 2.45) is 0 Å². The van der Waals surface area contributed by atoms with Gasteiger partial charge in [-0.25, -0.2) is 0 Å². The van der Waals surface area contributed by atoms with Gasteiger partial charge in [-0.15, -0.1) is 0 Å². The summed E-state index contributed by atoms with van der Waals surface area (Å²) in [5.41, 5.74) is 4.20. The van der Waals surface area contributed by atoms with Crippen LogP contribution in [0.25, 0.3) is 0 Å². The Labute approximate surface area is 98.9 Å². The minimum atomic E-state index is 0.602. The Morgan fingerprint density at radius 3 is 2.53 bits per heavy atom. The highest BCUT2D eigenvalue weighted by atomic mass is 32.1. The van der Waals surface area contributed by atoms with Gasteiger partial charge in [0.05, 0.1) is 0 Å². The lowest BCUT2D eigenvalue weighted by Gasteiger charge is -2.17. The summed E-state index contributed by atoms with van der Waals surface area (Å²) >= 11 is 4.27. The molecule has 0 aromatic heterocycles. The van der Waals surface area contributed by atoms with Crippen LogP contribution < -0.4 is 0 Å². The minimum Gasteiger partial charge on any atom is -0.293 e. The molecule has 0 N–H and O–H groups in total. The highest BCUT2D eigenvalue weighted by molar-refractivity contribution is 7.80. The van der Waals surface area contributed by atoms with Crippen LogP contribution >= 0.6 is 12.6 Å². The summed E-state index contributed by atoms with van der Waals surface area (Å²) in [7, 11) is 2.09. The summed E-state index contributed by atoms with van der Waals surface area (Å²) in [5, 5.41) is 0. The molecule has 0 atom stereocenters. The normalized spacial score (nSPS) is 11.4. The first-order valence-electron chi connectivity index (χ1n) is 5.43. The predicted octanol–water partition coefficient (Wildman–Crippen LogP) is 3.44. The van der Waals surface area contributed by atoms with Crippen molar-refractivity contribution < 1.29 is 0 Å². The Bertz CT molecular complexity index is 320. The molecule has 0 saturated heterocycles. The molecule has 0 aliphatic heterocycles. The van der Waals surface area contributed by atoms with Crippen LogP contribution in [0.15, 0.2) is 18.2 Å². The SMILES string of the molecule is Cc1ccc(C(C)C)cc1CN(C)CS. The van der Waals surface area contributed by atoms with E-state index in [9.17, 15) is 0 Å². The quantitative estimate of drug-likeness (QED) is 0.604. The van der Waals surface area contributed by atoms with Gasteiger partial charge in [-0.2, -0.15) is 12.6 Å². The van der Waals surface area contributed by atoms with Gasteiger partial charge >= 0.3 is 0 Å². The van der Waals surface area contributed by atoms with Crippen LogP contribution in [-0.4, -0.2) is 17.8 Å². The maximum absolute atomic E-state index is 4.27. The first kappa shape index (κ1) is 12.6. The Morgan fingerprint density at radius 1 is 1.33 bits per heavy atom. The fourth-order valence-electron chi connectivity index (χ4n) is 1.56. The third kappa shape index (κ3) is 3.54. The monoisotopic (exact) mass is 223 g/mol. The summed E-state index contributed by atoms with van der Waals surface area (Å²) in [6.45, 7) is 7.62. The van der Waals surface area contributed by atoms with Gasteiger partial charge in [0.15, 0.2) is 0 Å². The molecule has 0 amide bonds. The van der Waals surface area contributed by atoms with Crippen molar-refractivity contribution in [1.82, 2.24) is 4.90 Å². The summed E-state index contributed by atoms with van der Waals surface area (Å²) in [6.07, 6.45) is 0. The molecular weight excluding hydrogens is 202 g/mol. The number of thiol groups is 1. The van der Waals surface area contributed by atoms with Crippen molar-refractivity contribution in [2.75, 3.05) is 12.9 Å². The molecule has 84 valence electrons. The molecule has 1 rings (SSSR count). The average molecular weight is 223 g/mol. The molecule has 0 radical (unpaired) electrons. The van der Waals surface area contributed by atoms with Crippen LogP contribution in [0.4, 0.5) is 0 Å². The molecule has 2 heteroatoms. The van der Waals surface area contributed by atoms with E-state index in [2.05, 4.69) is 63.5 Å². The molecular formula is C13H21NS. The minimum absolute atomic E-state index is 0.602. The number of rotatable bonds is 4. The van der Waals surface area contributed by atoms with Crippen molar-refractivity contribution in [3.63, 3.8) is 0 Å². The van der Waals surface area contributed by atoms with Crippen LogP contribution in [0, 0.1) is 6.92 Å². The number of nitrogens with zero attached hydrogens (tertiary/aromatic N) is 1. The van der Waals surface area contributed by atoms with Gasteiger partial charge in [0.25, 0.3) is 0 Å². The molecule has 1 aromatic rings. The third-order valence-corrected chi connectivity index (χ3v) is 3.20. The zero-order chi connectivity index (χ0) is 11.4. The van der Waals surface area contributed by atoms with Crippen LogP contribution in [0.1, 0.15) is 36.5 Å². The number of hydrogen-bond acceptors (Lipinski definition) is 2. The van der Waals surface area contributed by atoms with E-state index in [0.717, 1.165) is 12.4 Å². The van der Waals surface area contributed by atoms with Crippen molar-refractivity contribution in [3.8, 4) is 0 Å². The predicted molar refractivity (Wildman–Crippen MR) is 70.6 cm³/mol. The standard InChI is InChI=1S/C13H21NS/c1-10(2)12-6-5-11(3)13(7-12)8-14(4)9-15/h5-7,10,15H,8-9H2,1-4H3. The van der Waals surface area contributed by atoms with Gasteiger partial charge in [0.2, 0.25) is 0 Å². The van der Waals surface area contributed by atoms with Gasteiger partial charge in [-0.05, 0) is 36.6 Å². The van der Waals surface area contributed by atoms with Crippen LogP contribution in [-0.2, 0) is 6.54 Å². The van der Waals surface area contributed by atoms with Gasteiger partial charge in [0, 0.05) is 12.4 Å². The van der Waals surface area contributed by atoms with Gasteiger partial charge in [0.1, 0.15) is 0 Å². The molecule has 15 heavy (non-hydrogen) atoms. The lowest BCUT2D eigenvalue weighted by Crippen LogP contribution is -2.16. The van der Waals surface area contributed by atoms with E-state index in [0.29, 0.717) is 5.92 Å². The second-order valence-electron chi connectivity index (χ2n) is 4.50. The summed E-state index contributed by atoms with van der Waals surface area (Å²) in [4.78, 5) is 2.20. The Kier molecular flexibility index (Phi) is 4.68. The molecule has 0 aliphatic rings. The number of aryl methyl sites for hydroxylation is 1. The fraction of sp³-hybridized carbons (Fsp3) is 0.538. The molecule has 0 heterocycles. The van der Waals surface area contributed by atoms with E-state index in [1.807, 2.05) is 0 Å². The van der Waals surface area contributed by atoms with Crippen LogP contribution in [0.2, 0.25) is 0 Å². The molecule has 0 bridgehead atoms. The van der Waals surface area contributed by atoms with E-state index < -0.39 is 0 Å². The van der Waals surface area contributed by atoms with Crippen LogP contribution in [0.5, 0.6) is 0 Å². The third-order valence-electron chi connectivity index (χ3n) is 2.72. The highest BCUT2D eigenvalue weighted by Crippen LogP contribution is 2.19. The molecule has 0 saturated carbocycles. The summed E-state index contributed by atoms with van der Waals surface area (Å²) in [5.74, 6) is 1.40. The summed E-state index contributed by atoms with van der Waals surface area (Å²) < 4.78 is 0. The Balaban J connectivity index is 2.90. The molecule has 0 unspecified atom stereocenters. The van der Waals surface area contributed by atoms with Crippen molar-refractivity contribution >= 4 is 12.6 Å². The number of hydrogen-bond donors (Lipinski definition) is 1. The zero-order valence-corrected chi connectivity index (χ0v) is 11.0. The van der Waals surface area contributed by atoms with E-state index in [1.165, 1.54) is 16.7 Å². The number of benzene rings is 1. The first-order valence-corrected chi connectivity index (χ1v) is 6.06. The summed E-state index contributed by atoms with van der Waals surface area (Å²) in [6, 6.07) is 6.77. The Morgan fingerprint density at radius 2 is 2.00 bits per heavy atom. The first-order chi connectivity index (χ1) is 7.04. The van der Waals surface area contributed by atoms with Crippen LogP contribution in [0.3, 0.4) is 0 Å². The van der Waals surface area contributed by atoms with Crippen molar-refractivity contribution in [2.45, 2.75) is 33.2 Å². The highest BCUT2D eigenvalue weighted by Gasteiger charge is 2.05. The van der Waals surface area contributed by atoms with Crippen molar-refractivity contribution in [3.05, 3.63) is 34.9 Å². The lowest BCUT2D eigenvalue weighted by atomic mass is 9.98. The molecule has 1 aromatic carbocycles.